The second kappa shape index (κ2) is 8.86. The van der Waals surface area contributed by atoms with E-state index in [-0.39, 0.29) is 17.7 Å². The van der Waals surface area contributed by atoms with Crippen molar-refractivity contribution in [1.29, 1.82) is 0 Å². The van der Waals surface area contributed by atoms with Crippen molar-refractivity contribution in [3.05, 3.63) is 68.6 Å². The van der Waals surface area contributed by atoms with Gasteiger partial charge in [0.2, 0.25) is 0 Å². The second-order valence-corrected chi connectivity index (χ2v) is 10.1. The molecule has 0 bridgehead atoms. The molecule has 3 aromatic rings. The number of carboxylic acids is 1. The van der Waals surface area contributed by atoms with Crippen LogP contribution in [-0.4, -0.2) is 22.6 Å². The fourth-order valence-electron chi connectivity index (χ4n) is 4.30. The molecule has 1 saturated carbocycles. The van der Waals surface area contributed by atoms with Crippen LogP contribution in [-0.2, 0) is 16.8 Å². The van der Waals surface area contributed by atoms with Crippen molar-refractivity contribution in [2.45, 2.75) is 51.0 Å². The zero-order chi connectivity index (χ0) is 21.1. The Hall–Kier alpha value is -2.25. The Bertz CT molecular complexity index is 1010. The van der Waals surface area contributed by atoms with Gasteiger partial charge in [0.05, 0.1) is 18.7 Å². The van der Waals surface area contributed by atoms with Crippen LogP contribution in [0.4, 0.5) is 9.52 Å². The number of aromatic nitrogens is 1. The lowest BCUT2D eigenvalue weighted by atomic mass is 9.76. The van der Waals surface area contributed by atoms with Gasteiger partial charge in [0.15, 0.2) is 5.13 Å². The third-order valence-corrected chi connectivity index (χ3v) is 7.73. The van der Waals surface area contributed by atoms with E-state index in [1.807, 2.05) is 12.1 Å². The number of carbonyl (C=O) groups is 1. The molecule has 0 spiro atoms. The van der Waals surface area contributed by atoms with Crippen molar-refractivity contribution in [3.8, 4) is 0 Å². The van der Waals surface area contributed by atoms with E-state index in [2.05, 4.69) is 29.3 Å². The number of nitrogens with zero attached hydrogens (tertiary/aromatic N) is 2. The minimum Gasteiger partial charge on any atom is -0.481 e. The van der Waals surface area contributed by atoms with Crippen molar-refractivity contribution in [3.63, 3.8) is 0 Å². The smallest absolute Gasteiger partial charge is 0.305 e. The van der Waals surface area contributed by atoms with Crippen molar-refractivity contribution in [1.82, 2.24) is 4.98 Å². The van der Waals surface area contributed by atoms with Gasteiger partial charge in [-0.3, -0.25) is 4.79 Å². The van der Waals surface area contributed by atoms with E-state index in [0.29, 0.717) is 13.1 Å². The largest absolute Gasteiger partial charge is 0.481 e. The minimum atomic E-state index is -0.808. The number of aryl methyl sites for hydroxylation is 1. The van der Waals surface area contributed by atoms with Gasteiger partial charge in [-0.2, -0.15) is 0 Å². The summed E-state index contributed by atoms with van der Waals surface area (Å²) in [6.45, 7) is 3.15. The zero-order valence-corrected chi connectivity index (χ0v) is 18.6. The Labute approximate surface area is 184 Å². The van der Waals surface area contributed by atoms with Crippen LogP contribution in [0, 0.1) is 12.7 Å². The van der Waals surface area contributed by atoms with Gasteiger partial charge in [0.25, 0.3) is 0 Å². The predicted octanol–water partition coefficient (Wildman–Crippen LogP) is 5.99. The van der Waals surface area contributed by atoms with Crippen LogP contribution in [0.3, 0.4) is 0 Å². The van der Waals surface area contributed by atoms with E-state index in [0.717, 1.165) is 42.1 Å². The van der Waals surface area contributed by atoms with Crippen molar-refractivity contribution < 1.29 is 14.3 Å². The van der Waals surface area contributed by atoms with E-state index in [9.17, 15) is 14.3 Å². The molecule has 1 fully saturated rings. The first-order chi connectivity index (χ1) is 14.5. The van der Waals surface area contributed by atoms with E-state index < -0.39 is 5.97 Å². The highest BCUT2D eigenvalue weighted by Crippen LogP contribution is 2.47. The molecule has 4 rings (SSSR count). The number of aliphatic carboxylic acids is 1. The first-order valence-corrected chi connectivity index (χ1v) is 11.9. The average molecular weight is 445 g/mol. The molecular formula is C23H25FN2O2S2. The third-order valence-electron chi connectivity index (χ3n) is 5.85. The maximum atomic E-state index is 13.5. The first-order valence-electron chi connectivity index (χ1n) is 10.2. The maximum absolute atomic E-state index is 13.5. The summed E-state index contributed by atoms with van der Waals surface area (Å²) in [6.07, 6.45) is 4.33. The molecule has 158 valence electrons. The lowest BCUT2D eigenvalue weighted by Gasteiger charge is -2.28. The molecule has 0 atom stereocenters. The quantitative estimate of drug-likeness (QED) is 0.463. The Kier molecular flexibility index (Phi) is 6.20. The van der Waals surface area contributed by atoms with E-state index in [1.54, 1.807) is 22.7 Å². The van der Waals surface area contributed by atoms with Crippen LogP contribution in [0.5, 0.6) is 0 Å². The molecule has 1 N–H and O–H groups in total. The summed E-state index contributed by atoms with van der Waals surface area (Å²) in [5, 5.41) is 12.2. The summed E-state index contributed by atoms with van der Waals surface area (Å²) in [5.41, 5.74) is 1.96. The number of carboxylic acid groups (broad SMARTS) is 1. The van der Waals surface area contributed by atoms with E-state index >= 15 is 0 Å². The van der Waals surface area contributed by atoms with Gasteiger partial charge in [0, 0.05) is 27.1 Å². The fraction of sp³-hybridized carbons (Fsp3) is 0.391. The summed E-state index contributed by atoms with van der Waals surface area (Å²) in [5.74, 6) is -1.03. The van der Waals surface area contributed by atoms with Crippen LogP contribution in [0.15, 0.2) is 41.8 Å². The number of hydrogen-bond acceptors (Lipinski definition) is 5. The van der Waals surface area contributed by atoms with Gasteiger partial charge in [0.1, 0.15) is 5.82 Å². The highest BCUT2D eigenvalue weighted by Gasteiger charge is 2.39. The lowest BCUT2D eigenvalue weighted by Crippen LogP contribution is -2.27. The molecule has 0 aliphatic heterocycles. The van der Waals surface area contributed by atoms with Gasteiger partial charge >= 0.3 is 5.97 Å². The normalized spacial score (nSPS) is 15.4. The maximum Gasteiger partial charge on any atom is 0.305 e. The van der Waals surface area contributed by atoms with Crippen LogP contribution >= 0.6 is 22.7 Å². The molecular weight excluding hydrogens is 419 g/mol. The number of benzene rings is 1. The number of anilines is 1. The predicted molar refractivity (Wildman–Crippen MR) is 120 cm³/mol. The molecule has 0 radical (unpaired) electrons. The molecule has 4 nitrogen and oxygen atoms in total. The van der Waals surface area contributed by atoms with Gasteiger partial charge in [-0.15, -0.1) is 22.7 Å². The fourth-order valence-corrected chi connectivity index (χ4v) is 6.16. The van der Waals surface area contributed by atoms with Crippen LogP contribution in [0.2, 0.25) is 0 Å². The van der Waals surface area contributed by atoms with Crippen molar-refractivity contribution in [2.24, 2.45) is 0 Å². The summed E-state index contributed by atoms with van der Waals surface area (Å²) in [7, 11) is 0. The lowest BCUT2D eigenvalue weighted by molar-refractivity contribution is -0.136. The average Bonchev–Trinajstić information content (AvgIpc) is 3.46. The summed E-state index contributed by atoms with van der Waals surface area (Å²) in [6, 6.07) is 11.0. The summed E-state index contributed by atoms with van der Waals surface area (Å²) < 4.78 is 13.5. The molecule has 1 aliphatic rings. The van der Waals surface area contributed by atoms with Gasteiger partial charge in [-0.05, 0) is 49.6 Å². The molecule has 2 heterocycles. The Morgan fingerprint density at radius 2 is 1.93 bits per heavy atom. The Morgan fingerprint density at radius 3 is 2.57 bits per heavy atom. The molecule has 1 aliphatic carbocycles. The minimum absolute atomic E-state index is 0.0718. The molecule has 0 amide bonds. The highest BCUT2D eigenvalue weighted by molar-refractivity contribution is 7.14. The van der Waals surface area contributed by atoms with Crippen LogP contribution in [0.1, 0.15) is 53.1 Å². The first kappa shape index (κ1) is 21.0. The molecule has 7 heteroatoms. The number of thiophene rings is 1. The molecule has 1 aromatic carbocycles. The number of halogens is 1. The van der Waals surface area contributed by atoms with Gasteiger partial charge in [-0.1, -0.05) is 25.0 Å². The number of rotatable bonds is 8. The van der Waals surface area contributed by atoms with Gasteiger partial charge < -0.3 is 10.0 Å². The zero-order valence-electron chi connectivity index (χ0n) is 16.9. The van der Waals surface area contributed by atoms with Crippen molar-refractivity contribution in [2.75, 3.05) is 11.4 Å². The van der Waals surface area contributed by atoms with Crippen LogP contribution in [0.25, 0.3) is 0 Å². The summed E-state index contributed by atoms with van der Waals surface area (Å²) >= 11 is 3.30. The second-order valence-electron chi connectivity index (χ2n) is 7.89. The van der Waals surface area contributed by atoms with Gasteiger partial charge in [-0.25, -0.2) is 9.37 Å². The monoisotopic (exact) mass is 444 g/mol. The topological polar surface area (TPSA) is 53.4 Å². The Balaban J connectivity index is 1.64. The SMILES string of the molecule is Cc1ccc(CN(CCC(=O)O)c2nc(C3(c4ccc(F)cc4)CCCC3)cs2)s1. The molecule has 2 aromatic heterocycles. The molecule has 0 unspecified atom stereocenters. The third kappa shape index (κ3) is 4.42. The molecule has 0 saturated heterocycles. The number of thiazole rings is 1. The number of hydrogen-bond donors (Lipinski definition) is 1. The summed E-state index contributed by atoms with van der Waals surface area (Å²) in [4.78, 5) is 20.7. The molecule has 30 heavy (non-hydrogen) atoms. The van der Waals surface area contributed by atoms with Crippen LogP contribution < -0.4 is 4.90 Å². The van der Waals surface area contributed by atoms with E-state index in [4.69, 9.17) is 4.98 Å². The Morgan fingerprint density at radius 1 is 1.20 bits per heavy atom. The van der Waals surface area contributed by atoms with E-state index in [1.165, 1.54) is 21.9 Å². The van der Waals surface area contributed by atoms with Crippen molar-refractivity contribution >= 4 is 33.8 Å². The highest BCUT2D eigenvalue weighted by atomic mass is 32.1. The standard InChI is InChI=1S/C23H25FN2O2S2/c1-16-4-9-19(30-16)14-26(13-10-21(27)28)22-25-20(15-29-22)23(11-2-3-12-23)17-5-7-18(24)8-6-17/h4-9,15H,2-3,10-14H2,1H3,(H,27,28).